The van der Waals surface area contributed by atoms with Crippen LogP contribution in [0.1, 0.15) is 25.7 Å². The zero-order chi connectivity index (χ0) is 20.3. The molecule has 0 radical (unpaired) electrons. The molecule has 2 heterocycles. The number of aliphatic hydroxyl groups is 1. The average molecular weight is 411 g/mol. The first-order chi connectivity index (χ1) is 14.0. The Morgan fingerprint density at radius 3 is 2.21 bits per heavy atom. The molecule has 0 bridgehead atoms. The number of nitrogens with two attached hydrogens (primary N) is 1. The third-order valence-electron chi connectivity index (χ3n) is 8.57. The van der Waals surface area contributed by atoms with Crippen LogP contribution in [0.3, 0.4) is 0 Å². The summed E-state index contributed by atoms with van der Waals surface area (Å²) in [7, 11) is 3.26. The first kappa shape index (κ1) is 20.2. The summed E-state index contributed by atoms with van der Waals surface area (Å²) in [6.07, 6.45) is 2.08. The molecule has 0 aromatic heterocycles. The van der Waals surface area contributed by atoms with E-state index in [2.05, 4.69) is 0 Å². The minimum absolute atomic E-state index is 0.0430. The van der Waals surface area contributed by atoms with Gasteiger partial charge in [0.2, 0.25) is 0 Å². The lowest BCUT2D eigenvalue weighted by molar-refractivity contribution is -0.161. The summed E-state index contributed by atoms with van der Waals surface area (Å²) in [6.45, 7) is 0.753. The number of aliphatic hydroxyl groups excluding tert-OH is 1. The van der Waals surface area contributed by atoms with Crippen molar-refractivity contribution in [3.63, 3.8) is 0 Å². The fourth-order valence-electron chi connectivity index (χ4n) is 7.21. The molecule has 5 aliphatic rings. The van der Waals surface area contributed by atoms with Crippen LogP contribution in [0.5, 0.6) is 0 Å². The summed E-state index contributed by atoms with van der Waals surface area (Å²) in [5.41, 5.74) is 6.72. The van der Waals surface area contributed by atoms with E-state index in [1.54, 1.807) is 14.2 Å². The molecule has 164 valence electrons. The standard InChI is InChI=1S/C21H33NO7/c1-25-15-3-9(4-16(26-2)20(15)23)17-10-5-13-14(29-8-28-13)6-11(10)19(22)12-7-27-21(24)18(12)17/h9-20,23H,3-8,22H2,1-2H3/t9?,10?,11?,12-,13?,14?,15?,16?,17+,18-,19+,20?/m0/s1. The zero-order valence-electron chi connectivity index (χ0n) is 17.1. The summed E-state index contributed by atoms with van der Waals surface area (Å²) < 4.78 is 28.4. The van der Waals surface area contributed by atoms with Crippen LogP contribution in [0.15, 0.2) is 0 Å². The van der Waals surface area contributed by atoms with Gasteiger partial charge >= 0.3 is 5.97 Å². The third-order valence-corrected chi connectivity index (χ3v) is 8.57. The molecule has 10 atom stereocenters. The second kappa shape index (κ2) is 7.73. The maximum Gasteiger partial charge on any atom is 0.309 e. The smallest absolute Gasteiger partial charge is 0.309 e. The van der Waals surface area contributed by atoms with E-state index in [0.717, 1.165) is 12.8 Å². The number of methoxy groups -OCH3 is 2. The van der Waals surface area contributed by atoms with Gasteiger partial charge in [-0.1, -0.05) is 0 Å². The molecule has 3 N–H and O–H groups in total. The van der Waals surface area contributed by atoms with Gasteiger partial charge in [-0.15, -0.1) is 0 Å². The molecule has 0 aromatic carbocycles. The molecule has 29 heavy (non-hydrogen) atoms. The summed E-state index contributed by atoms with van der Waals surface area (Å²) in [5, 5.41) is 10.6. The van der Waals surface area contributed by atoms with Crippen molar-refractivity contribution in [2.75, 3.05) is 27.6 Å². The van der Waals surface area contributed by atoms with E-state index in [0.29, 0.717) is 26.2 Å². The predicted molar refractivity (Wildman–Crippen MR) is 101 cm³/mol. The topological polar surface area (TPSA) is 109 Å². The number of cyclic esters (lactones) is 1. The highest BCUT2D eigenvalue weighted by molar-refractivity contribution is 5.75. The number of carbonyl (C=O) groups excluding carboxylic acids is 1. The van der Waals surface area contributed by atoms with Crippen LogP contribution in [-0.4, -0.2) is 75.3 Å². The minimum Gasteiger partial charge on any atom is -0.465 e. The molecule has 6 unspecified atom stereocenters. The van der Waals surface area contributed by atoms with Crippen molar-refractivity contribution in [1.82, 2.24) is 0 Å². The lowest BCUT2D eigenvalue weighted by Crippen LogP contribution is -2.60. The van der Waals surface area contributed by atoms with Crippen LogP contribution >= 0.6 is 0 Å². The maximum atomic E-state index is 12.8. The quantitative estimate of drug-likeness (QED) is 0.639. The molecule has 2 saturated heterocycles. The van der Waals surface area contributed by atoms with Crippen molar-refractivity contribution >= 4 is 5.97 Å². The highest BCUT2D eigenvalue weighted by Crippen LogP contribution is 2.56. The monoisotopic (exact) mass is 411 g/mol. The van der Waals surface area contributed by atoms with Gasteiger partial charge in [-0.05, 0) is 49.4 Å². The Balaban J connectivity index is 1.49. The van der Waals surface area contributed by atoms with E-state index in [1.807, 2.05) is 0 Å². The Morgan fingerprint density at radius 2 is 1.59 bits per heavy atom. The van der Waals surface area contributed by atoms with Gasteiger partial charge < -0.3 is 34.5 Å². The molecular weight excluding hydrogens is 378 g/mol. The van der Waals surface area contributed by atoms with Gasteiger partial charge in [-0.2, -0.15) is 0 Å². The van der Waals surface area contributed by atoms with E-state index in [1.165, 1.54) is 0 Å². The number of fused-ring (bicyclic) bond motifs is 3. The fourth-order valence-corrected chi connectivity index (χ4v) is 7.21. The van der Waals surface area contributed by atoms with Crippen LogP contribution in [-0.2, 0) is 28.5 Å². The van der Waals surface area contributed by atoms with Crippen LogP contribution in [0.25, 0.3) is 0 Å². The second-order valence-electron chi connectivity index (χ2n) is 9.57. The summed E-state index contributed by atoms with van der Waals surface area (Å²) >= 11 is 0. The fraction of sp³-hybridized carbons (Fsp3) is 0.952. The number of ether oxygens (including phenoxy) is 5. The van der Waals surface area contributed by atoms with Crippen LogP contribution in [0, 0.1) is 35.5 Å². The molecule has 3 aliphatic carbocycles. The number of esters is 1. The number of carbonyl (C=O) groups is 1. The lowest BCUT2D eigenvalue weighted by Gasteiger charge is -2.54. The van der Waals surface area contributed by atoms with Crippen LogP contribution in [0.2, 0.25) is 0 Å². The number of rotatable bonds is 3. The molecule has 0 spiro atoms. The number of hydrogen-bond donors (Lipinski definition) is 2. The predicted octanol–water partition coefficient (Wildman–Crippen LogP) is 0.301. The molecular formula is C21H33NO7. The molecule has 8 nitrogen and oxygen atoms in total. The van der Waals surface area contributed by atoms with Crippen LogP contribution in [0.4, 0.5) is 0 Å². The van der Waals surface area contributed by atoms with Gasteiger partial charge in [-0.25, -0.2) is 0 Å². The SMILES string of the molecule is COC1CC([C@@H]2C3CC4OCOC4CC3[C@@H](N)[C@H]3COC(=O)[C@H]23)CC(OC)C1O. The largest absolute Gasteiger partial charge is 0.465 e. The van der Waals surface area contributed by atoms with Crippen molar-refractivity contribution in [3.05, 3.63) is 0 Å². The highest BCUT2D eigenvalue weighted by Gasteiger charge is 2.61. The molecule has 0 amide bonds. The van der Waals surface area contributed by atoms with Crippen molar-refractivity contribution in [2.24, 2.45) is 41.2 Å². The van der Waals surface area contributed by atoms with Gasteiger partial charge in [0.05, 0.1) is 36.9 Å². The van der Waals surface area contributed by atoms with E-state index >= 15 is 0 Å². The average Bonchev–Trinajstić information content (AvgIpc) is 3.34. The normalized spacial score (nSPS) is 54.4. The third kappa shape index (κ3) is 3.15. The van der Waals surface area contributed by atoms with Gasteiger partial charge in [-0.3, -0.25) is 4.79 Å². The molecule has 5 rings (SSSR count). The van der Waals surface area contributed by atoms with Crippen molar-refractivity contribution in [3.8, 4) is 0 Å². The Kier molecular flexibility index (Phi) is 5.37. The summed E-state index contributed by atoms with van der Waals surface area (Å²) in [4.78, 5) is 12.8. The molecule has 8 heteroatoms. The maximum absolute atomic E-state index is 12.8. The minimum atomic E-state index is -0.656. The van der Waals surface area contributed by atoms with E-state index in [-0.39, 0.29) is 71.9 Å². The second-order valence-corrected chi connectivity index (χ2v) is 9.57. The first-order valence-corrected chi connectivity index (χ1v) is 10.9. The molecule has 0 aromatic rings. The van der Waals surface area contributed by atoms with Gasteiger partial charge in [0.1, 0.15) is 12.9 Å². The molecule has 5 fully saturated rings. The van der Waals surface area contributed by atoms with Crippen LogP contribution < -0.4 is 5.73 Å². The van der Waals surface area contributed by atoms with Crippen molar-refractivity contribution in [1.29, 1.82) is 0 Å². The van der Waals surface area contributed by atoms with Crippen molar-refractivity contribution in [2.45, 2.75) is 62.2 Å². The first-order valence-electron chi connectivity index (χ1n) is 10.9. The summed E-state index contributed by atoms with van der Waals surface area (Å²) in [6, 6.07) is -0.0662. The Morgan fingerprint density at radius 1 is 0.966 bits per heavy atom. The Hall–Kier alpha value is -0.770. The Bertz CT molecular complexity index is 618. The van der Waals surface area contributed by atoms with Crippen molar-refractivity contribution < 1.29 is 33.6 Å². The molecule has 3 saturated carbocycles. The lowest BCUT2D eigenvalue weighted by atomic mass is 9.51. The zero-order valence-corrected chi connectivity index (χ0v) is 17.1. The van der Waals surface area contributed by atoms with E-state index < -0.39 is 6.10 Å². The Labute approximate surface area is 171 Å². The van der Waals surface area contributed by atoms with E-state index in [4.69, 9.17) is 29.4 Å². The number of hydrogen-bond acceptors (Lipinski definition) is 8. The molecule has 2 aliphatic heterocycles. The van der Waals surface area contributed by atoms with Gasteiger partial charge in [0, 0.05) is 26.2 Å². The van der Waals surface area contributed by atoms with Gasteiger partial charge in [0.25, 0.3) is 0 Å². The van der Waals surface area contributed by atoms with E-state index in [9.17, 15) is 9.90 Å². The summed E-state index contributed by atoms with van der Waals surface area (Å²) in [5.74, 6) is 0.622. The van der Waals surface area contributed by atoms with Gasteiger partial charge in [0.15, 0.2) is 0 Å². The highest BCUT2D eigenvalue weighted by atomic mass is 16.7.